The summed E-state index contributed by atoms with van der Waals surface area (Å²) in [6.45, 7) is 6.81. The zero-order chi connectivity index (χ0) is 20.2. The second kappa shape index (κ2) is 6.68. The number of hydrogen-bond donors (Lipinski definition) is 0. The van der Waals surface area contributed by atoms with E-state index in [1.165, 1.54) is 6.42 Å². The van der Waals surface area contributed by atoms with Crippen LogP contribution in [0.25, 0.3) is 10.9 Å². The molecule has 1 unspecified atom stereocenters. The van der Waals surface area contributed by atoms with Crippen LogP contribution in [-0.2, 0) is 13.6 Å². The Balaban J connectivity index is 1.47. The van der Waals surface area contributed by atoms with E-state index in [9.17, 15) is 4.79 Å². The number of amides is 1. The fraction of sp³-hybridized carbons (Fsp3) is 0.545. The molecule has 2 fully saturated rings. The van der Waals surface area contributed by atoms with Gasteiger partial charge in [0.25, 0.3) is 5.91 Å². The number of aryl methyl sites for hydroxylation is 1. The van der Waals surface area contributed by atoms with Gasteiger partial charge in [0.1, 0.15) is 12.2 Å². The van der Waals surface area contributed by atoms with Crippen LogP contribution in [-0.4, -0.2) is 48.4 Å². The summed E-state index contributed by atoms with van der Waals surface area (Å²) in [5, 5.41) is 14.2. The Morgan fingerprint density at radius 3 is 2.79 bits per heavy atom. The van der Waals surface area contributed by atoms with Gasteiger partial charge in [-0.1, -0.05) is 38.5 Å². The van der Waals surface area contributed by atoms with Gasteiger partial charge in [-0.3, -0.25) is 9.48 Å². The maximum absolute atomic E-state index is 13.5. The number of likely N-dealkylation sites (tertiary alicyclic amines) is 1. The Morgan fingerprint density at radius 2 is 2.07 bits per heavy atom. The molecule has 3 heterocycles. The van der Waals surface area contributed by atoms with Crippen LogP contribution in [0.1, 0.15) is 55.3 Å². The molecule has 1 amide bonds. The highest BCUT2D eigenvalue weighted by Crippen LogP contribution is 2.55. The van der Waals surface area contributed by atoms with E-state index in [0.717, 1.165) is 42.7 Å². The number of hydrogen-bond acceptors (Lipinski definition) is 4. The van der Waals surface area contributed by atoms with E-state index in [2.05, 4.69) is 33.7 Å². The SMILES string of the molecule is CC(C)Cn1cnnc1C1CN(C(=O)c2nn(C)c3ccccc23)CC12CCC2. The van der Waals surface area contributed by atoms with Gasteiger partial charge in [0.2, 0.25) is 0 Å². The molecule has 1 saturated carbocycles. The van der Waals surface area contributed by atoms with E-state index in [4.69, 9.17) is 0 Å². The van der Waals surface area contributed by atoms with Crippen LogP contribution in [0.4, 0.5) is 0 Å². The molecule has 1 spiro atoms. The number of benzene rings is 1. The standard InChI is InChI=1S/C22H28N6O/c1-15(2)11-28-14-23-24-20(28)17-12-27(13-22(17)9-6-10-22)21(29)19-16-7-4-5-8-18(16)26(3)25-19/h4-5,7-8,14-15,17H,6,9-13H2,1-3H3. The van der Waals surface area contributed by atoms with Gasteiger partial charge >= 0.3 is 0 Å². The summed E-state index contributed by atoms with van der Waals surface area (Å²) in [5.74, 6) is 1.85. The van der Waals surface area contributed by atoms with Gasteiger partial charge in [-0.25, -0.2) is 0 Å². The molecule has 0 radical (unpaired) electrons. The first kappa shape index (κ1) is 18.3. The fourth-order valence-electron chi connectivity index (χ4n) is 5.21. The molecule has 0 N–H and O–H groups in total. The first-order chi connectivity index (χ1) is 14.0. The number of carbonyl (C=O) groups excluding carboxylic acids is 1. The predicted octanol–water partition coefficient (Wildman–Crippen LogP) is 3.23. The maximum atomic E-state index is 13.5. The average Bonchev–Trinajstić information content (AvgIpc) is 3.36. The Morgan fingerprint density at radius 1 is 1.28 bits per heavy atom. The largest absolute Gasteiger partial charge is 0.336 e. The van der Waals surface area contributed by atoms with Gasteiger partial charge in [0, 0.05) is 38.0 Å². The quantitative estimate of drug-likeness (QED) is 0.684. The number of nitrogens with zero attached hydrogens (tertiary/aromatic N) is 6. The second-order valence-corrected chi connectivity index (χ2v) is 9.18. The van der Waals surface area contributed by atoms with Crippen molar-refractivity contribution in [3.05, 3.63) is 42.1 Å². The molecular formula is C22H28N6O. The molecule has 0 bridgehead atoms. The first-order valence-electron chi connectivity index (χ1n) is 10.6. The van der Waals surface area contributed by atoms with E-state index < -0.39 is 0 Å². The van der Waals surface area contributed by atoms with Gasteiger partial charge < -0.3 is 9.47 Å². The first-order valence-corrected chi connectivity index (χ1v) is 10.6. The van der Waals surface area contributed by atoms with Gasteiger partial charge in [-0.05, 0) is 30.2 Å². The van der Waals surface area contributed by atoms with E-state index in [1.54, 1.807) is 4.68 Å². The Bertz CT molecular complexity index is 1060. The van der Waals surface area contributed by atoms with Crippen LogP contribution in [0, 0.1) is 11.3 Å². The lowest BCUT2D eigenvalue weighted by atomic mass is 9.62. The lowest BCUT2D eigenvalue weighted by molar-refractivity contribution is 0.0718. The van der Waals surface area contributed by atoms with Crippen molar-refractivity contribution in [2.24, 2.45) is 18.4 Å². The van der Waals surface area contributed by atoms with Crippen LogP contribution in [0.2, 0.25) is 0 Å². The van der Waals surface area contributed by atoms with Gasteiger partial charge in [-0.2, -0.15) is 5.10 Å². The van der Waals surface area contributed by atoms with E-state index in [1.807, 2.05) is 42.5 Å². The highest BCUT2D eigenvalue weighted by molar-refractivity contribution is 6.05. The van der Waals surface area contributed by atoms with Crippen molar-refractivity contribution in [1.82, 2.24) is 29.4 Å². The third kappa shape index (κ3) is 2.86. The molecule has 5 rings (SSSR count). The second-order valence-electron chi connectivity index (χ2n) is 9.18. The molecule has 1 aliphatic carbocycles. The lowest BCUT2D eigenvalue weighted by Crippen LogP contribution is -2.38. The van der Waals surface area contributed by atoms with Crippen molar-refractivity contribution >= 4 is 16.8 Å². The van der Waals surface area contributed by atoms with Crippen LogP contribution in [0.3, 0.4) is 0 Å². The summed E-state index contributed by atoms with van der Waals surface area (Å²) in [4.78, 5) is 15.5. The molecule has 1 atom stereocenters. The van der Waals surface area contributed by atoms with Crippen LogP contribution in [0.5, 0.6) is 0 Å². The Hall–Kier alpha value is -2.70. The molecule has 3 aromatic rings. The topological polar surface area (TPSA) is 68.8 Å². The lowest BCUT2D eigenvalue weighted by Gasteiger charge is -2.42. The summed E-state index contributed by atoms with van der Waals surface area (Å²) in [6, 6.07) is 7.94. The summed E-state index contributed by atoms with van der Waals surface area (Å²) in [6.07, 6.45) is 5.37. The molecular weight excluding hydrogens is 364 g/mol. The van der Waals surface area contributed by atoms with E-state index in [0.29, 0.717) is 18.2 Å². The summed E-state index contributed by atoms with van der Waals surface area (Å²) < 4.78 is 3.99. The van der Waals surface area contributed by atoms with Crippen molar-refractivity contribution in [1.29, 1.82) is 0 Å². The maximum Gasteiger partial charge on any atom is 0.275 e. The van der Waals surface area contributed by atoms with Crippen molar-refractivity contribution in [3.63, 3.8) is 0 Å². The molecule has 1 saturated heterocycles. The normalized spacial score (nSPS) is 20.7. The minimum Gasteiger partial charge on any atom is -0.336 e. The van der Waals surface area contributed by atoms with Gasteiger partial charge in [-0.15, -0.1) is 10.2 Å². The highest BCUT2D eigenvalue weighted by atomic mass is 16.2. The monoisotopic (exact) mass is 392 g/mol. The number of para-hydroxylation sites is 1. The van der Waals surface area contributed by atoms with Crippen molar-refractivity contribution in [2.45, 2.75) is 45.6 Å². The third-order valence-corrected chi connectivity index (χ3v) is 6.76. The van der Waals surface area contributed by atoms with Gasteiger partial charge in [0.15, 0.2) is 5.69 Å². The number of aromatic nitrogens is 5. The van der Waals surface area contributed by atoms with Crippen LogP contribution >= 0.6 is 0 Å². The number of rotatable bonds is 4. The smallest absolute Gasteiger partial charge is 0.275 e. The fourth-order valence-corrected chi connectivity index (χ4v) is 5.21. The van der Waals surface area contributed by atoms with E-state index in [-0.39, 0.29) is 17.2 Å². The predicted molar refractivity (Wildman–Crippen MR) is 111 cm³/mol. The molecule has 2 aromatic heterocycles. The Labute approximate surface area is 170 Å². The summed E-state index contributed by atoms with van der Waals surface area (Å²) in [7, 11) is 1.90. The highest BCUT2D eigenvalue weighted by Gasteiger charge is 2.54. The van der Waals surface area contributed by atoms with E-state index >= 15 is 0 Å². The molecule has 29 heavy (non-hydrogen) atoms. The molecule has 1 aromatic carbocycles. The molecule has 7 nitrogen and oxygen atoms in total. The van der Waals surface area contributed by atoms with Gasteiger partial charge in [0.05, 0.1) is 5.52 Å². The number of carbonyl (C=O) groups is 1. The number of fused-ring (bicyclic) bond motifs is 1. The van der Waals surface area contributed by atoms with Crippen LogP contribution < -0.4 is 0 Å². The van der Waals surface area contributed by atoms with Crippen LogP contribution in [0.15, 0.2) is 30.6 Å². The molecule has 152 valence electrons. The Kier molecular flexibility index (Phi) is 4.22. The molecule has 7 heteroatoms. The zero-order valence-electron chi connectivity index (χ0n) is 17.4. The molecule has 1 aliphatic heterocycles. The minimum absolute atomic E-state index is 0.0329. The van der Waals surface area contributed by atoms with Crippen molar-refractivity contribution in [2.75, 3.05) is 13.1 Å². The summed E-state index contributed by atoms with van der Waals surface area (Å²) >= 11 is 0. The molecule has 2 aliphatic rings. The average molecular weight is 393 g/mol. The van der Waals surface area contributed by atoms with Crippen molar-refractivity contribution in [3.8, 4) is 0 Å². The third-order valence-electron chi connectivity index (χ3n) is 6.76. The van der Waals surface area contributed by atoms with Crippen molar-refractivity contribution < 1.29 is 4.79 Å². The minimum atomic E-state index is 0.0329. The zero-order valence-corrected chi connectivity index (χ0v) is 17.4. The summed E-state index contributed by atoms with van der Waals surface area (Å²) in [5.41, 5.74) is 1.69.